The van der Waals surface area contributed by atoms with Crippen LogP contribution in [-0.4, -0.2) is 23.9 Å². The van der Waals surface area contributed by atoms with Gasteiger partial charge in [0.2, 0.25) is 0 Å². The lowest BCUT2D eigenvalue weighted by molar-refractivity contribution is 0.328. The maximum atomic E-state index is 7.18. The summed E-state index contributed by atoms with van der Waals surface area (Å²) in [7, 11) is 1.86. The molecule has 0 fully saturated rings. The van der Waals surface area contributed by atoms with Gasteiger partial charge in [-0.25, -0.2) is 0 Å². The Labute approximate surface area is 69.1 Å². The first-order valence-corrected chi connectivity index (χ1v) is 4.02. The summed E-state index contributed by atoms with van der Waals surface area (Å²) in [6.07, 6.45) is 1.08. The minimum Gasteiger partial charge on any atom is -0.370 e. The fraction of sp³-hybridized carbons (Fsp3) is 0.875. The third kappa shape index (κ3) is 3.86. The van der Waals surface area contributed by atoms with Gasteiger partial charge in [0.25, 0.3) is 0 Å². The van der Waals surface area contributed by atoms with Crippen molar-refractivity contribution < 1.29 is 0 Å². The topological polar surface area (TPSA) is 53.1 Å². The Hall–Kier alpha value is -0.730. The van der Waals surface area contributed by atoms with Crippen LogP contribution >= 0.6 is 0 Å². The standard InChI is InChI=1S/C8H19N3/c1-6(2)5-7(3)11(4)8(9)10/h6-7H,5H2,1-4H3,(H3,9,10). The Kier molecular flexibility index (Phi) is 3.93. The van der Waals surface area contributed by atoms with E-state index in [0.717, 1.165) is 6.42 Å². The summed E-state index contributed by atoms with van der Waals surface area (Å²) in [5.41, 5.74) is 5.32. The molecule has 3 nitrogen and oxygen atoms in total. The second-order valence-corrected chi connectivity index (χ2v) is 3.47. The molecule has 0 bridgehead atoms. The number of nitrogens with two attached hydrogens (primary N) is 1. The largest absolute Gasteiger partial charge is 0.370 e. The number of guanidine groups is 1. The van der Waals surface area contributed by atoms with Crippen LogP contribution in [0.2, 0.25) is 0 Å². The molecule has 3 heteroatoms. The first-order valence-electron chi connectivity index (χ1n) is 4.02. The van der Waals surface area contributed by atoms with E-state index in [4.69, 9.17) is 11.1 Å². The third-order valence-corrected chi connectivity index (χ3v) is 1.85. The Morgan fingerprint density at radius 2 is 1.91 bits per heavy atom. The molecule has 0 aromatic heterocycles. The second kappa shape index (κ2) is 4.21. The summed E-state index contributed by atoms with van der Waals surface area (Å²) < 4.78 is 0. The molecular formula is C8H19N3. The van der Waals surface area contributed by atoms with Crippen molar-refractivity contribution in [3.05, 3.63) is 0 Å². The van der Waals surface area contributed by atoms with Gasteiger partial charge in [0, 0.05) is 13.1 Å². The summed E-state index contributed by atoms with van der Waals surface area (Å²) in [5.74, 6) is 0.810. The lowest BCUT2D eigenvalue weighted by atomic mass is 10.0. The summed E-state index contributed by atoms with van der Waals surface area (Å²) in [6.45, 7) is 6.43. The van der Waals surface area contributed by atoms with Crippen LogP contribution in [-0.2, 0) is 0 Å². The molecule has 0 aliphatic carbocycles. The number of nitrogens with zero attached hydrogens (tertiary/aromatic N) is 1. The molecule has 0 heterocycles. The van der Waals surface area contributed by atoms with Gasteiger partial charge in [0.1, 0.15) is 0 Å². The van der Waals surface area contributed by atoms with Gasteiger partial charge >= 0.3 is 0 Å². The first-order chi connectivity index (χ1) is 4.95. The second-order valence-electron chi connectivity index (χ2n) is 3.47. The zero-order valence-electron chi connectivity index (χ0n) is 7.89. The van der Waals surface area contributed by atoms with Gasteiger partial charge in [-0.15, -0.1) is 0 Å². The van der Waals surface area contributed by atoms with Crippen LogP contribution in [0.25, 0.3) is 0 Å². The molecule has 66 valence electrons. The maximum absolute atomic E-state index is 7.18. The molecule has 0 aromatic carbocycles. The summed E-state index contributed by atoms with van der Waals surface area (Å²) in [4.78, 5) is 1.79. The highest BCUT2D eigenvalue weighted by atomic mass is 15.2. The van der Waals surface area contributed by atoms with E-state index in [1.165, 1.54) is 0 Å². The van der Waals surface area contributed by atoms with Crippen LogP contribution in [0.15, 0.2) is 0 Å². The van der Waals surface area contributed by atoms with Gasteiger partial charge in [-0.2, -0.15) is 0 Å². The number of hydrogen-bond acceptors (Lipinski definition) is 1. The van der Waals surface area contributed by atoms with Crippen molar-refractivity contribution in [2.24, 2.45) is 11.7 Å². The van der Waals surface area contributed by atoms with E-state index in [1.54, 1.807) is 4.90 Å². The minimum absolute atomic E-state index is 0.151. The summed E-state index contributed by atoms with van der Waals surface area (Å²) >= 11 is 0. The molecule has 11 heavy (non-hydrogen) atoms. The van der Waals surface area contributed by atoms with Crippen molar-refractivity contribution >= 4 is 5.96 Å². The molecule has 0 aliphatic rings. The molecule has 0 saturated heterocycles. The van der Waals surface area contributed by atoms with Gasteiger partial charge < -0.3 is 10.6 Å². The lowest BCUT2D eigenvalue weighted by Crippen LogP contribution is -2.40. The van der Waals surface area contributed by atoms with Gasteiger partial charge in [-0.1, -0.05) is 13.8 Å². The highest BCUT2D eigenvalue weighted by molar-refractivity contribution is 5.74. The van der Waals surface area contributed by atoms with Crippen LogP contribution in [0.5, 0.6) is 0 Å². The number of rotatable bonds is 3. The third-order valence-electron chi connectivity index (χ3n) is 1.85. The van der Waals surface area contributed by atoms with E-state index in [-0.39, 0.29) is 5.96 Å². The van der Waals surface area contributed by atoms with Crippen LogP contribution in [0.1, 0.15) is 27.2 Å². The van der Waals surface area contributed by atoms with Crippen LogP contribution in [0, 0.1) is 11.3 Å². The van der Waals surface area contributed by atoms with E-state index in [0.29, 0.717) is 12.0 Å². The monoisotopic (exact) mass is 157 g/mol. The zero-order valence-corrected chi connectivity index (χ0v) is 7.89. The van der Waals surface area contributed by atoms with Crippen molar-refractivity contribution in [3.63, 3.8) is 0 Å². The minimum atomic E-state index is 0.151. The Morgan fingerprint density at radius 1 is 1.45 bits per heavy atom. The van der Waals surface area contributed by atoms with Crippen molar-refractivity contribution in [1.82, 2.24) is 4.90 Å². The molecule has 0 amide bonds. The Morgan fingerprint density at radius 3 is 2.18 bits per heavy atom. The van der Waals surface area contributed by atoms with E-state index in [2.05, 4.69) is 20.8 Å². The average Bonchev–Trinajstić information content (AvgIpc) is 1.84. The molecule has 0 aliphatic heterocycles. The van der Waals surface area contributed by atoms with Crippen LogP contribution in [0.3, 0.4) is 0 Å². The molecule has 0 saturated carbocycles. The normalized spacial score (nSPS) is 13.2. The molecular weight excluding hydrogens is 138 g/mol. The lowest BCUT2D eigenvalue weighted by Gasteiger charge is -2.26. The number of hydrogen-bond donors (Lipinski definition) is 2. The highest BCUT2D eigenvalue weighted by Gasteiger charge is 2.10. The highest BCUT2D eigenvalue weighted by Crippen LogP contribution is 2.08. The quantitative estimate of drug-likeness (QED) is 0.478. The number of nitrogens with one attached hydrogen (secondary N) is 1. The Balaban J connectivity index is 3.82. The fourth-order valence-corrected chi connectivity index (χ4v) is 1.08. The molecule has 0 radical (unpaired) electrons. The molecule has 1 atom stereocenters. The molecule has 0 spiro atoms. The summed E-state index contributed by atoms with van der Waals surface area (Å²) in [5, 5.41) is 7.18. The van der Waals surface area contributed by atoms with Crippen LogP contribution in [0.4, 0.5) is 0 Å². The Bertz CT molecular complexity index is 131. The molecule has 3 N–H and O–H groups in total. The van der Waals surface area contributed by atoms with E-state index < -0.39 is 0 Å². The maximum Gasteiger partial charge on any atom is 0.188 e. The summed E-state index contributed by atoms with van der Waals surface area (Å²) in [6, 6.07) is 0.368. The zero-order chi connectivity index (χ0) is 9.02. The smallest absolute Gasteiger partial charge is 0.188 e. The van der Waals surface area contributed by atoms with Gasteiger partial charge in [-0.3, -0.25) is 5.41 Å². The van der Waals surface area contributed by atoms with E-state index in [9.17, 15) is 0 Å². The first kappa shape index (κ1) is 10.3. The fourth-order valence-electron chi connectivity index (χ4n) is 1.08. The predicted octanol–water partition coefficient (Wildman–Crippen LogP) is 1.25. The molecule has 1 unspecified atom stereocenters. The molecule has 0 aromatic rings. The van der Waals surface area contributed by atoms with E-state index in [1.807, 2.05) is 7.05 Å². The van der Waals surface area contributed by atoms with Gasteiger partial charge in [-0.05, 0) is 19.3 Å². The SMILES string of the molecule is CC(C)CC(C)N(C)C(=N)N. The van der Waals surface area contributed by atoms with Crippen molar-refractivity contribution in [3.8, 4) is 0 Å². The van der Waals surface area contributed by atoms with Gasteiger partial charge in [0.15, 0.2) is 5.96 Å². The van der Waals surface area contributed by atoms with Crippen LogP contribution < -0.4 is 5.73 Å². The molecule has 0 rings (SSSR count). The van der Waals surface area contributed by atoms with Gasteiger partial charge in [0.05, 0.1) is 0 Å². The van der Waals surface area contributed by atoms with E-state index >= 15 is 0 Å². The van der Waals surface area contributed by atoms with Crippen molar-refractivity contribution in [2.45, 2.75) is 33.2 Å². The predicted molar refractivity (Wildman–Crippen MR) is 48.6 cm³/mol. The average molecular weight is 157 g/mol. The van der Waals surface area contributed by atoms with Crippen molar-refractivity contribution in [1.29, 1.82) is 5.41 Å². The van der Waals surface area contributed by atoms with Crippen molar-refractivity contribution in [2.75, 3.05) is 7.05 Å².